The molecule has 3 rings (SSSR count). The van der Waals surface area contributed by atoms with Crippen LogP contribution in [0.3, 0.4) is 0 Å². The molecule has 2 aromatic carbocycles. The highest BCUT2D eigenvalue weighted by Gasteiger charge is 2.14. The van der Waals surface area contributed by atoms with Crippen LogP contribution >= 0.6 is 0 Å². The molecule has 0 radical (unpaired) electrons. The Bertz CT molecular complexity index is 798. The van der Waals surface area contributed by atoms with Crippen molar-refractivity contribution in [3.05, 3.63) is 47.8 Å². The maximum atomic E-state index is 13.6. The number of aromatic nitrogens is 2. The average molecular weight is 278 g/mol. The third-order valence-electron chi connectivity index (χ3n) is 2.97. The first-order chi connectivity index (χ1) is 9.60. The summed E-state index contributed by atoms with van der Waals surface area (Å²) < 4.78 is 44.9. The monoisotopic (exact) mass is 278 g/mol. The van der Waals surface area contributed by atoms with E-state index >= 15 is 0 Å². The van der Waals surface area contributed by atoms with Gasteiger partial charge in [-0.1, -0.05) is 0 Å². The third-order valence-corrected chi connectivity index (χ3v) is 2.97. The van der Waals surface area contributed by atoms with E-state index in [2.05, 4.69) is 9.97 Å². The summed E-state index contributed by atoms with van der Waals surface area (Å²) in [5, 5.41) is 0. The highest BCUT2D eigenvalue weighted by molar-refractivity contribution is 5.80. The van der Waals surface area contributed by atoms with Crippen LogP contribution < -0.4 is 4.74 Å². The van der Waals surface area contributed by atoms with Gasteiger partial charge in [-0.2, -0.15) is 0 Å². The van der Waals surface area contributed by atoms with E-state index in [-0.39, 0.29) is 11.3 Å². The van der Waals surface area contributed by atoms with Crippen molar-refractivity contribution in [3.8, 4) is 17.1 Å². The van der Waals surface area contributed by atoms with Gasteiger partial charge in [0, 0.05) is 5.56 Å². The van der Waals surface area contributed by atoms with Crippen molar-refractivity contribution in [2.45, 2.75) is 0 Å². The summed E-state index contributed by atoms with van der Waals surface area (Å²) in [6, 6.07) is 6.54. The van der Waals surface area contributed by atoms with Crippen molar-refractivity contribution < 1.29 is 17.9 Å². The van der Waals surface area contributed by atoms with Gasteiger partial charge in [-0.05, 0) is 30.3 Å². The van der Waals surface area contributed by atoms with E-state index in [1.807, 2.05) is 0 Å². The lowest BCUT2D eigenvalue weighted by molar-refractivity contribution is 0.387. The fraction of sp³-hybridized carbons (Fsp3) is 0.0714. The minimum Gasteiger partial charge on any atom is -0.494 e. The molecular formula is C14H9F3N2O. The summed E-state index contributed by atoms with van der Waals surface area (Å²) >= 11 is 0. The number of aromatic amines is 1. The van der Waals surface area contributed by atoms with Gasteiger partial charge in [0.25, 0.3) is 0 Å². The topological polar surface area (TPSA) is 37.9 Å². The van der Waals surface area contributed by atoms with Crippen molar-refractivity contribution in [1.82, 2.24) is 9.97 Å². The minimum absolute atomic E-state index is 0.0506. The lowest BCUT2D eigenvalue weighted by Gasteiger charge is -2.03. The Kier molecular flexibility index (Phi) is 2.85. The standard InChI is InChI=1S/C14H9F3N2O/c1-20-11-6-7(2-3-8(11)15)14-18-10-5-4-9(16)12(17)13(10)19-14/h2-6H,1H3,(H,18,19). The quantitative estimate of drug-likeness (QED) is 0.777. The van der Waals surface area contributed by atoms with Crippen molar-refractivity contribution in [2.75, 3.05) is 7.11 Å². The maximum Gasteiger partial charge on any atom is 0.186 e. The van der Waals surface area contributed by atoms with Crippen LogP contribution in [0.15, 0.2) is 30.3 Å². The highest BCUT2D eigenvalue weighted by Crippen LogP contribution is 2.27. The smallest absolute Gasteiger partial charge is 0.186 e. The van der Waals surface area contributed by atoms with Crippen molar-refractivity contribution in [3.63, 3.8) is 0 Å². The molecule has 0 aliphatic rings. The molecule has 3 nitrogen and oxygen atoms in total. The molecule has 1 aromatic heterocycles. The van der Waals surface area contributed by atoms with E-state index in [1.54, 1.807) is 0 Å². The second kappa shape index (κ2) is 4.56. The van der Waals surface area contributed by atoms with Gasteiger partial charge in [-0.3, -0.25) is 0 Å². The van der Waals surface area contributed by atoms with E-state index in [9.17, 15) is 13.2 Å². The Hall–Kier alpha value is -2.50. The molecule has 0 saturated heterocycles. The Labute approximate surface area is 112 Å². The van der Waals surface area contributed by atoms with Crippen LogP contribution in [-0.4, -0.2) is 17.1 Å². The van der Waals surface area contributed by atoms with Gasteiger partial charge in [0.05, 0.1) is 12.6 Å². The first-order valence-corrected chi connectivity index (χ1v) is 5.78. The van der Waals surface area contributed by atoms with Crippen LogP contribution in [0.2, 0.25) is 0 Å². The molecule has 0 bridgehead atoms. The molecule has 6 heteroatoms. The Morgan fingerprint density at radius 1 is 1.05 bits per heavy atom. The fourth-order valence-corrected chi connectivity index (χ4v) is 1.96. The lowest BCUT2D eigenvalue weighted by atomic mass is 10.2. The zero-order valence-electron chi connectivity index (χ0n) is 10.4. The number of nitrogens with zero attached hydrogens (tertiary/aromatic N) is 1. The maximum absolute atomic E-state index is 13.6. The first kappa shape index (κ1) is 12.5. The number of hydrogen-bond acceptors (Lipinski definition) is 2. The number of nitrogens with one attached hydrogen (secondary N) is 1. The molecule has 0 spiro atoms. The van der Waals surface area contributed by atoms with Gasteiger partial charge >= 0.3 is 0 Å². The molecule has 1 heterocycles. The molecule has 0 saturated carbocycles. The number of fused-ring (bicyclic) bond motifs is 1. The van der Waals surface area contributed by atoms with Crippen LogP contribution in [-0.2, 0) is 0 Å². The minimum atomic E-state index is -1.01. The van der Waals surface area contributed by atoms with Crippen molar-refractivity contribution in [2.24, 2.45) is 0 Å². The summed E-state index contributed by atoms with van der Waals surface area (Å²) in [5.74, 6) is -2.13. The van der Waals surface area contributed by atoms with Crippen LogP contribution in [0, 0.1) is 17.5 Å². The predicted molar refractivity (Wildman–Crippen MR) is 68.0 cm³/mol. The Morgan fingerprint density at radius 2 is 1.80 bits per heavy atom. The zero-order chi connectivity index (χ0) is 14.3. The van der Waals surface area contributed by atoms with Crippen molar-refractivity contribution >= 4 is 11.0 Å². The van der Waals surface area contributed by atoms with E-state index in [4.69, 9.17) is 4.74 Å². The third kappa shape index (κ3) is 1.89. The largest absolute Gasteiger partial charge is 0.494 e. The molecule has 20 heavy (non-hydrogen) atoms. The number of H-pyrrole nitrogens is 1. The summed E-state index contributed by atoms with van der Waals surface area (Å²) in [6.45, 7) is 0. The molecule has 0 atom stereocenters. The molecule has 1 N–H and O–H groups in total. The van der Waals surface area contributed by atoms with Gasteiger partial charge in [-0.25, -0.2) is 18.2 Å². The number of methoxy groups -OCH3 is 1. The Balaban J connectivity index is 2.17. The molecule has 0 aliphatic heterocycles. The molecule has 0 fully saturated rings. The number of rotatable bonds is 2. The van der Waals surface area contributed by atoms with Crippen LogP contribution in [0.25, 0.3) is 22.4 Å². The summed E-state index contributed by atoms with van der Waals surface area (Å²) in [6.07, 6.45) is 0. The van der Waals surface area contributed by atoms with Crippen LogP contribution in [0.5, 0.6) is 5.75 Å². The Morgan fingerprint density at radius 3 is 2.55 bits per heavy atom. The summed E-state index contributed by atoms with van der Waals surface area (Å²) in [5.41, 5.74) is 0.782. The fourth-order valence-electron chi connectivity index (χ4n) is 1.96. The molecular weight excluding hydrogens is 269 g/mol. The number of halogens is 3. The lowest BCUT2D eigenvalue weighted by Crippen LogP contribution is -1.89. The zero-order valence-corrected chi connectivity index (χ0v) is 10.4. The summed E-state index contributed by atoms with van der Waals surface area (Å²) in [7, 11) is 1.34. The summed E-state index contributed by atoms with van der Waals surface area (Å²) in [4.78, 5) is 6.85. The second-order valence-corrected chi connectivity index (χ2v) is 4.19. The van der Waals surface area contributed by atoms with Gasteiger partial charge in [-0.15, -0.1) is 0 Å². The SMILES string of the molecule is COc1cc(-c2nc3c(F)c(F)ccc3[nH]2)ccc1F. The number of hydrogen-bond donors (Lipinski definition) is 1. The number of ether oxygens (including phenoxy) is 1. The van der Waals surface area contributed by atoms with Gasteiger partial charge in [0.15, 0.2) is 23.2 Å². The van der Waals surface area contributed by atoms with E-state index in [1.165, 1.54) is 31.4 Å². The highest BCUT2D eigenvalue weighted by atomic mass is 19.2. The number of imidazole rings is 1. The molecule has 3 aromatic rings. The average Bonchev–Trinajstić information content (AvgIpc) is 2.88. The molecule has 0 amide bonds. The van der Waals surface area contributed by atoms with Gasteiger partial charge in [0.1, 0.15) is 11.3 Å². The molecule has 102 valence electrons. The molecule has 0 aliphatic carbocycles. The molecule has 0 unspecified atom stereocenters. The normalized spacial score (nSPS) is 11.0. The number of benzene rings is 2. The van der Waals surface area contributed by atoms with Crippen LogP contribution in [0.4, 0.5) is 13.2 Å². The van der Waals surface area contributed by atoms with Gasteiger partial charge in [0.2, 0.25) is 0 Å². The van der Waals surface area contributed by atoms with Crippen LogP contribution in [0.1, 0.15) is 0 Å². The first-order valence-electron chi connectivity index (χ1n) is 5.78. The van der Waals surface area contributed by atoms with E-state index in [0.29, 0.717) is 16.9 Å². The van der Waals surface area contributed by atoms with E-state index < -0.39 is 17.5 Å². The van der Waals surface area contributed by atoms with Gasteiger partial charge < -0.3 is 9.72 Å². The van der Waals surface area contributed by atoms with Crippen molar-refractivity contribution in [1.29, 1.82) is 0 Å². The predicted octanol–water partition coefficient (Wildman–Crippen LogP) is 3.66. The second-order valence-electron chi connectivity index (χ2n) is 4.19. The van der Waals surface area contributed by atoms with E-state index in [0.717, 1.165) is 6.07 Å².